The molecule has 0 saturated heterocycles. The molecule has 0 fully saturated rings. The molecule has 0 aromatic rings. The Morgan fingerprint density at radius 1 is 0.667 bits per heavy atom. The topological polar surface area (TPSA) is 82.6 Å². The van der Waals surface area contributed by atoms with Crippen LogP contribution in [0.1, 0.15) is 39.0 Å². The van der Waals surface area contributed by atoms with Crippen molar-refractivity contribution in [1.82, 2.24) is 20.4 Å². The quantitative estimate of drug-likeness (QED) is 0.252. The van der Waals surface area contributed by atoms with Crippen molar-refractivity contribution < 1.29 is 0 Å². The maximum Gasteiger partial charge on any atom is 0.0110 e. The van der Waals surface area contributed by atoms with Gasteiger partial charge in [0.1, 0.15) is 0 Å². The van der Waals surface area contributed by atoms with E-state index in [0.29, 0.717) is 6.54 Å². The van der Waals surface area contributed by atoms with Crippen molar-refractivity contribution in [3.05, 3.63) is 0 Å². The lowest BCUT2D eigenvalue weighted by atomic mass is 10.2. The molecule has 0 amide bonds. The van der Waals surface area contributed by atoms with Crippen LogP contribution in [-0.4, -0.2) is 88.8 Å². The predicted molar refractivity (Wildman–Crippen MR) is 107 cm³/mol. The fraction of sp³-hybridized carbons (Fsp3) is 1.00. The third-order valence-electron chi connectivity index (χ3n) is 4.33. The number of nitrogens with one attached hydrogen (secondary N) is 2. The highest BCUT2D eigenvalue weighted by Gasteiger charge is 2.08. The Bertz CT molecular complexity index is 240. The van der Waals surface area contributed by atoms with Crippen molar-refractivity contribution in [2.45, 2.75) is 39.0 Å². The van der Waals surface area contributed by atoms with Gasteiger partial charge in [0.2, 0.25) is 0 Å². The van der Waals surface area contributed by atoms with Crippen LogP contribution in [0, 0.1) is 0 Å². The van der Waals surface area contributed by atoms with E-state index in [1.54, 1.807) is 0 Å². The number of rotatable bonds is 19. The second-order valence-corrected chi connectivity index (χ2v) is 6.53. The Kier molecular flexibility index (Phi) is 18.9. The molecule has 0 aliphatic carbocycles. The first-order chi connectivity index (χ1) is 11.8. The van der Waals surface area contributed by atoms with E-state index in [-0.39, 0.29) is 0 Å². The van der Waals surface area contributed by atoms with Crippen molar-refractivity contribution in [1.29, 1.82) is 0 Å². The van der Waals surface area contributed by atoms with E-state index in [4.69, 9.17) is 11.5 Å². The lowest BCUT2D eigenvalue weighted by Gasteiger charge is -2.27. The van der Waals surface area contributed by atoms with Gasteiger partial charge in [0, 0.05) is 52.4 Å². The summed E-state index contributed by atoms with van der Waals surface area (Å²) in [5.74, 6) is 0. The summed E-state index contributed by atoms with van der Waals surface area (Å²) in [6, 6.07) is 0. The van der Waals surface area contributed by atoms with Crippen molar-refractivity contribution >= 4 is 0 Å². The second kappa shape index (κ2) is 19.1. The summed E-state index contributed by atoms with van der Waals surface area (Å²) in [5.41, 5.74) is 11.3. The molecule has 6 N–H and O–H groups in total. The Morgan fingerprint density at radius 2 is 1.38 bits per heavy atom. The van der Waals surface area contributed by atoms with Crippen LogP contribution in [0.4, 0.5) is 0 Å². The molecule has 0 bridgehead atoms. The van der Waals surface area contributed by atoms with Crippen LogP contribution in [0.2, 0.25) is 0 Å². The van der Waals surface area contributed by atoms with Crippen LogP contribution < -0.4 is 22.1 Å². The number of nitrogens with zero attached hydrogens (tertiary/aromatic N) is 2. The minimum atomic E-state index is 0.704. The fourth-order valence-electron chi connectivity index (χ4n) is 2.80. The summed E-state index contributed by atoms with van der Waals surface area (Å²) in [7, 11) is 2.03. The van der Waals surface area contributed by atoms with E-state index in [2.05, 4.69) is 27.4 Å². The molecule has 6 heteroatoms. The third kappa shape index (κ3) is 15.3. The van der Waals surface area contributed by atoms with Crippen molar-refractivity contribution in [3.63, 3.8) is 0 Å². The Labute approximate surface area is 150 Å². The molecule has 0 radical (unpaired) electrons. The number of nitrogens with two attached hydrogens (primary N) is 2. The molecule has 0 atom stereocenters. The van der Waals surface area contributed by atoms with Crippen LogP contribution in [0.25, 0.3) is 0 Å². The Balaban J connectivity index is 4.05. The Morgan fingerprint density at radius 3 is 2.00 bits per heavy atom. The molecule has 0 aliphatic heterocycles. The Hall–Kier alpha value is -0.240. The summed E-state index contributed by atoms with van der Waals surface area (Å²) >= 11 is 0. The molecule has 24 heavy (non-hydrogen) atoms. The number of hydrogen-bond donors (Lipinski definition) is 4. The van der Waals surface area contributed by atoms with Gasteiger partial charge in [-0.1, -0.05) is 19.8 Å². The van der Waals surface area contributed by atoms with Gasteiger partial charge in [0.25, 0.3) is 0 Å². The average Bonchev–Trinajstić information content (AvgIpc) is 2.59. The van der Waals surface area contributed by atoms with E-state index in [1.807, 2.05) is 7.05 Å². The zero-order chi connectivity index (χ0) is 17.9. The third-order valence-corrected chi connectivity index (χ3v) is 4.33. The van der Waals surface area contributed by atoms with Crippen LogP contribution in [-0.2, 0) is 0 Å². The highest BCUT2D eigenvalue weighted by Crippen LogP contribution is 2.02. The van der Waals surface area contributed by atoms with E-state index in [1.165, 1.54) is 45.2 Å². The van der Waals surface area contributed by atoms with Crippen molar-refractivity contribution in [2.75, 3.05) is 79.0 Å². The van der Waals surface area contributed by atoms with E-state index in [9.17, 15) is 0 Å². The average molecular weight is 345 g/mol. The van der Waals surface area contributed by atoms with Gasteiger partial charge < -0.3 is 27.0 Å². The SMILES string of the molecule is CCCCN(CCCCCNC)CCN(CCN)CCNCCN. The van der Waals surface area contributed by atoms with Crippen molar-refractivity contribution in [3.8, 4) is 0 Å². The molecule has 6 nitrogen and oxygen atoms in total. The number of hydrogen-bond acceptors (Lipinski definition) is 6. The largest absolute Gasteiger partial charge is 0.329 e. The molecule has 0 unspecified atom stereocenters. The predicted octanol–water partition coefficient (Wildman–Crippen LogP) is 0.287. The highest BCUT2D eigenvalue weighted by atomic mass is 15.2. The summed E-state index contributed by atoms with van der Waals surface area (Å²) in [6.07, 6.45) is 6.47. The van der Waals surface area contributed by atoms with Gasteiger partial charge in [0.05, 0.1) is 0 Å². The molecular weight excluding hydrogens is 300 g/mol. The van der Waals surface area contributed by atoms with Crippen LogP contribution in [0.5, 0.6) is 0 Å². The first kappa shape index (κ1) is 23.8. The van der Waals surface area contributed by atoms with Gasteiger partial charge in [-0.25, -0.2) is 0 Å². The maximum atomic E-state index is 5.77. The zero-order valence-electron chi connectivity index (χ0n) is 16.4. The summed E-state index contributed by atoms with van der Waals surface area (Å²) in [6.45, 7) is 13.5. The van der Waals surface area contributed by atoms with Crippen molar-refractivity contribution in [2.24, 2.45) is 11.5 Å². The van der Waals surface area contributed by atoms with E-state index >= 15 is 0 Å². The lowest BCUT2D eigenvalue weighted by Crippen LogP contribution is -2.41. The normalized spacial score (nSPS) is 11.8. The van der Waals surface area contributed by atoms with Gasteiger partial charge >= 0.3 is 0 Å². The molecule has 0 rings (SSSR count). The van der Waals surface area contributed by atoms with Gasteiger partial charge in [-0.3, -0.25) is 4.90 Å². The minimum Gasteiger partial charge on any atom is -0.329 e. The standard InChI is InChI=1S/C18H44N6/c1-3-4-13-23(14-7-5-6-10-21-2)17-18-24(15-9-20)16-12-22-11-8-19/h21-22H,3-20H2,1-2H3. The first-order valence-corrected chi connectivity index (χ1v) is 9.98. The van der Waals surface area contributed by atoms with Gasteiger partial charge in [0.15, 0.2) is 0 Å². The molecule has 0 aliphatic rings. The summed E-state index contributed by atoms with van der Waals surface area (Å²) in [5, 5.41) is 6.60. The molecular formula is C18H44N6. The number of unbranched alkanes of at least 4 members (excludes halogenated alkanes) is 3. The monoisotopic (exact) mass is 344 g/mol. The fourth-order valence-corrected chi connectivity index (χ4v) is 2.80. The molecule has 0 spiro atoms. The molecule has 0 heterocycles. The van der Waals surface area contributed by atoms with Crippen LogP contribution in [0.15, 0.2) is 0 Å². The first-order valence-electron chi connectivity index (χ1n) is 9.98. The van der Waals surface area contributed by atoms with Crippen LogP contribution >= 0.6 is 0 Å². The lowest BCUT2D eigenvalue weighted by molar-refractivity contribution is 0.201. The second-order valence-electron chi connectivity index (χ2n) is 6.53. The van der Waals surface area contributed by atoms with Gasteiger partial charge in [-0.15, -0.1) is 0 Å². The maximum absolute atomic E-state index is 5.77. The van der Waals surface area contributed by atoms with Gasteiger partial charge in [-0.05, 0) is 45.9 Å². The van der Waals surface area contributed by atoms with Gasteiger partial charge in [-0.2, -0.15) is 0 Å². The molecule has 0 aromatic carbocycles. The van der Waals surface area contributed by atoms with E-state index < -0.39 is 0 Å². The van der Waals surface area contributed by atoms with Crippen LogP contribution in [0.3, 0.4) is 0 Å². The summed E-state index contributed by atoms with van der Waals surface area (Å²) < 4.78 is 0. The highest BCUT2D eigenvalue weighted by molar-refractivity contribution is 4.66. The minimum absolute atomic E-state index is 0.704. The zero-order valence-corrected chi connectivity index (χ0v) is 16.4. The van der Waals surface area contributed by atoms with E-state index in [0.717, 1.165) is 52.4 Å². The molecule has 0 saturated carbocycles. The molecule has 146 valence electrons. The summed E-state index contributed by atoms with van der Waals surface area (Å²) in [4.78, 5) is 5.11. The smallest absolute Gasteiger partial charge is 0.0110 e. The molecule has 0 aromatic heterocycles.